The molecule has 0 radical (unpaired) electrons. The highest BCUT2D eigenvalue weighted by atomic mass is 32.2. The summed E-state index contributed by atoms with van der Waals surface area (Å²) in [5.41, 5.74) is 2.75. The summed E-state index contributed by atoms with van der Waals surface area (Å²) in [6, 6.07) is 21.1. The number of amides is 1. The summed E-state index contributed by atoms with van der Waals surface area (Å²) in [5, 5.41) is 2.63. The Kier molecular flexibility index (Phi) is 6.42. The summed E-state index contributed by atoms with van der Waals surface area (Å²) in [6.45, 7) is 3.48. The van der Waals surface area contributed by atoms with Crippen LogP contribution in [0.3, 0.4) is 0 Å². The standard InChI is InChI=1S/C23H24N2O4S/c1-17-9-11-20(12-10-17)25(16-19-7-5-4-6-8-19)30(27,28)21-13-14-23(29-3)22(15-21)24-18(2)26/h4-15H,16H2,1-3H3,(H,24,26). The highest BCUT2D eigenvalue weighted by Crippen LogP contribution is 2.32. The van der Waals surface area contributed by atoms with E-state index in [0.29, 0.717) is 17.1 Å². The Bertz CT molecular complexity index is 1130. The molecule has 0 fully saturated rings. The van der Waals surface area contributed by atoms with E-state index in [1.165, 1.54) is 36.5 Å². The van der Waals surface area contributed by atoms with E-state index in [4.69, 9.17) is 4.74 Å². The second-order valence-corrected chi connectivity index (χ2v) is 8.74. The quantitative estimate of drug-likeness (QED) is 0.612. The van der Waals surface area contributed by atoms with E-state index in [-0.39, 0.29) is 17.3 Å². The maximum absolute atomic E-state index is 13.6. The molecule has 0 unspecified atom stereocenters. The Labute approximate surface area is 177 Å². The van der Waals surface area contributed by atoms with Gasteiger partial charge in [0.05, 0.1) is 29.9 Å². The minimum absolute atomic E-state index is 0.0588. The minimum Gasteiger partial charge on any atom is -0.495 e. The van der Waals surface area contributed by atoms with Crippen LogP contribution in [-0.2, 0) is 21.4 Å². The van der Waals surface area contributed by atoms with Crippen LogP contribution in [0.25, 0.3) is 0 Å². The summed E-state index contributed by atoms with van der Waals surface area (Å²) >= 11 is 0. The second-order valence-electron chi connectivity index (χ2n) is 6.88. The van der Waals surface area contributed by atoms with E-state index >= 15 is 0 Å². The van der Waals surface area contributed by atoms with Crippen LogP contribution in [0.15, 0.2) is 77.7 Å². The average molecular weight is 425 g/mol. The van der Waals surface area contributed by atoms with Gasteiger partial charge in [-0.05, 0) is 42.8 Å². The smallest absolute Gasteiger partial charge is 0.264 e. The predicted molar refractivity (Wildman–Crippen MR) is 118 cm³/mol. The first-order valence-electron chi connectivity index (χ1n) is 9.40. The van der Waals surface area contributed by atoms with E-state index in [9.17, 15) is 13.2 Å². The molecule has 0 spiro atoms. The third-order valence-electron chi connectivity index (χ3n) is 4.56. The van der Waals surface area contributed by atoms with E-state index in [1.807, 2.05) is 49.4 Å². The van der Waals surface area contributed by atoms with Crippen molar-refractivity contribution in [3.05, 3.63) is 83.9 Å². The SMILES string of the molecule is COc1ccc(S(=O)(=O)N(Cc2ccccc2)c2ccc(C)cc2)cc1NC(C)=O. The number of rotatable bonds is 7. The number of sulfonamides is 1. The zero-order chi connectivity index (χ0) is 21.7. The van der Waals surface area contributed by atoms with Crippen molar-refractivity contribution >= 4 is 27.3 Å². The van der Waals surface area contributed by atoms with Crippen molar-refractivity contribution in [2.24, 2.45) is 0 Å². The molecule has 0 atom stereocenters. The largest absolute Gasteiger partial charge is 0.495 e. The fourth-order valence-corrected chi connectivity index (χ4v) is 4.52. The lowest BCUT2D eigenvalue weighted by atomic mass is 10.2. The Hall–Kier alpha value is -3.32. The van der Waals surface area contributed by atoms with Crippen LogP contribution in [0.2, 0.25) is 0 Å². The number of methoxy groups -OCH3 is 1. The van der Waals surface area contributed by atoms with E-state index < -0.39 is 10.0 Å². The molecule has 0 aliphatic rings. The molecular formula is C23H24N2O4S. The summed E-state index contributed by atoms with van der Waals surface area (Å²) in [6.07, 6.45) is 0. The van der Waals surface area contributed by atoms with Crippen LogP contribution >= 0.6 is 0 Å². The molecule has 7 heteroatoms. The molecule has 3 aromatic carbocycles. The van der Waals surface area contributed by atoms with Crippen molar-refractivity contribution in [2.45, 2.75) is 25.3 Å². The summed E-state index contributed by atoms with van der Waals surface area (Å²) in [4.78, 5) is 11.6. The van der Waals surface area contributed by atoms with Crippen LogP contribution in [0, 0.1) is 6.92 Å². The fourth-order valence-electron chi connectivity index (χ4n) is 3.04. The lowest BCUT2D eigenvalue weighted by molar-refractivity contribution is -0.114. The van der Waals surface area contributed by atoms with Gasteiger partial charge in [-0.25, -0.2) is 8.42 Å². The Morgan fingerprint density at radius 1 is 1.00 bits per heavy atom. The monoisotopic (exact) mass is 424 g/mol. The Morgan fingerprint density at radius 3 is 2.27 bits per heavy atom. The van der Waals surface area contributed by atoms with Crippen LogP contribution in [0.5, 0.6) is 5.75 Å². The van der Waals surface area contributed by atoms with Gasteiger partial charge in [-0.1, -0.05) is 48.0 Å². The first kappa shape index (κ1) is 21.4. The topological polar surface area (TPSA) is 75.7 Å². The lowest BCUT2D eigenvalue weighted by Crippen LogP contribution is -2.30. The van der Waals surface area contributed by atoms with E-state index in [2.05, 4.69) is 5.32 Å². The number of hydrogen-bond acceptors (Lipinski definition) is 4. The molecule has 30 heavy (non-hydrogen) atoms. The van der Waals surface area contributed by atoms with Gasteiger partial charge in [-0.15, -0.1) is 0 Å². The van der Waals surface area contributed by atoms with Crippen molar-refractivity contribution in [3.8, 4) is 5.75 Å². The van der Waals surface area contributed by atoms with E-state index in [0.717, 1.165) is 11.1 Å². The number of anilines is 2. The molecule has 3 rings (SSSR count). The van der Waals surface area contributed by atoms with Crippen LogP contribution in [0.4, 0.5) is 11.4 Å². The van der Waals surface area contributed by atoms with Crippen molar-refractivity contribution in [2.75, 3.05) is 16.7 Å². The molecule has 1 N–H and O–H groups in total. The summed E-state index contributed by atoms with van der Waals surface area (Å²) in [7, 11) is -2.46. The molecule has 0 heterocycles. The van der Waals surface area contributed by atoms with Crippen molar-refractivity contribution in [1.29, 1.82) is 0 Å². The summed E-state index contributed by atoms with van der Waals surface area (Å²) in [5.74, 6) is 0.0663. The summed E-state index contributed by atoms with van der Waals surface area (Å²) < 4.78 is 33.9. The molecule has 156 valence electrons. The fraction of sp³-hybridized carbons (Fsp3) is 0.174. The molecule has 0 aliphatic heterocycles. The molecule has 3 aromatic rings. The third-order valence-corrected chi connectivity index (χ3v) is 6.33. The van der Waals surface area contributed by atoms with Crippen molar-refractivity contribution < 1.29 is 17.9 Å². The highest BCUT2D eigenvalue weighted by Gasteiger charge is 2.26. The minimum atomic E-state index is -3.92. The average Bonchev–Trinajstić information content (AvgIpc) is 2.73. The molecule has 6 nitrogen and oxygen atoms in total. The number of nitrogens with zero attached hydrogens (tertiary/aromatic N) is 1. The molecule has 0 saturated carbocycles. The van der Waals surface area contributed by atoms with Crippen molar-refractivity contribution in [1.82, 2.24) is 0 Å². The molecule has 0 aromatic heterocycles. The van der Waals surface area contributed by atoms with Gasteiger partial charge < -0.3 is 10.1 Å². The maximum Gasteiger partial charge on any atom is 0.264 e. The zero-order valence-corrected chi connectivity index (χ0v) is 17.9. The normalized spacial score (nSPS) is 11.0. The number of carbonyl (C=O) groups is 1. The van der Waals surface area contributed by atoms with Gasteiger partial charge in [0, 0.05) is 6.92 Å². The second kappa shape index (κ2) is 9.00. The lowest BCUT2D eigenvalue weighted by Gasteiger charge is -2.25. The van der Waals surface area contributed by atoms with Gasteiger partial charge in [-0.2, -0.15) is 0 Å². The predicted octanol–water partition coefficient (Wildman–Crippen LogP) is 4.36. The first-order valence-corrected chi connectivity index (χ1v) is 10.8. The van der Waals surface area contributed by atoms with Gasteiger partial charge >= 0.3 is 0 Å². The van der Waals surface area contributed by atoms with Gasteiger partial charge in [0.15, 0.2) is 0 Å². The number of carbonyl (C=O) groups excluding carboxylic acids is 1. The van der Waals surface area contributed by atoms with Crippen LogP contribution < -0.4 is 14.4 Å². The van der Waals surface area contributed by atoms with Gasteiger partial charge in [0.1, 0.15) is 5.75 Å². The van der Waals surface area contributed by atoms with Gasteiger partial charge in [0.2, 0.25) is 5.91 Å². The number of hydrogen-bond donors (Lipinski definition) is 1. The van der Waals surface area contributed by atoms with E-state index in [1.54, 1.807) is 12.1 Å². The highest BCUT2D eigenvalue weighted by molar-refractivity contribution is 7.92. The van der Waals surface area contributed by atoms with Gasteiger partial charge in [-0.3, -0.25) is 9.10 Å². The number of benzene rings is 3. The molecular weight excluding hydrogens is 400 g/mol. The molecule has 0 saturated heterocycles. The number of nitrogens with one attached hydrogen (secondary N) is 1. The maximum atomic E-state index is 13.6. The van der Waals surface area contributed by atoms with Gasteiger partial charge in [0.25, 0.3) is 10.0 Å². The van der Waals surface area contributed by atoms with Crippen molar-refractivity contribution in [3.63, 3.8) is 0 Å². The molecule has 0 bridgehead atoms. The van der Waals surface area contributed by atoms with Crippen LogP contribution in [-0.4, -0.2) is 21.4 Å². The first-order chi connectivity index (χ1) is 14.3. The Morgan fingerprint density at radius 2 is 1.67 bits per heavy atom. The number of ether oxygens (including phenoxy) is 1. The Balaban J connectivity index is 2.09. The molecule has 0 aliphatic carbocycles. The third kappa shape index (κ3) is 4.80. The molecule has 1 amide bonds. The number of aryl methyl sites for hydroxylation is 1. The zero-order valence-electron chi connectivity index (χ0n) is 17.1. The van der Waals surface area contributed by atoms with Crippen LogP contribution in [0.1, 0.15) is 18.1 Å².